The van der Waals surface area contributed by atoms with Gasteiger partial charge in [0.05, 0.1) is 0 Å². The zero-order valence-corrected chi connectivity index (χ0v) is 11.7. The third-order valence-corrected chi connectivity index (χ3v) is 4.10. The molecule has 1 aliphatic rings. The molecule has 1 N–H and O–H groups in total. The Hall–Kier alpha value is -1.50. The molecule has 2 aromatic heterocycles. The molecule has 2 heterocycles. The van der Waals surface area contributed by atoms with E-state index in [4.69, 9.17) is 0 Å². The highest BCUT2D eigenvalue weighted by Crippen LogP contribution is 2.39. The van der Waals surface area contributed by atoms with E-state index >= 15 is 0 Å². The van der Waals surface area contributed by atoms with Gasteiger partial charge in [-0.05, 0) is 19.3 Å². The van der Waals surface area contributed by atoms with Gasteiger partial charge < -0.3 is 5.32 Å². The van der Waals surface area contributed by atoms with Crippen molar-refractivity contribution < 1.29 is 4.79 Å². The van der Waals surface area contributed by atoms with Crippen molar-refractivity contribution in [2.75, 3.05) is 6.54 Å². The summed E-state index contributed by atoms with van der Waals surface area (Å²) in [5.74, 6) is 1.61. The first-order valence-electron chi connectivity index (χ1n) is 6.75. The molecule has 0 unspecified atom stereocenters. The monoisotopic (exact) mass is 279 g/mol. The van der Waals surface area contributed by atoms with Crippen molar-refractivity contribution in [3.8, 4) is 0 Å². The second kappa shape index (κ2) is 5.24. The van der Waals surface area contributed by atoms with E-state index in [2.05, 4.69) is 20.6 Å². The first-order chi connectivity index (χ1) is 9.28. The quantitative estimate of drug-likeness (QED) is 0.870. The number of aromatic nitrogens is 4. The highest BCUT2D eigenvalue weighted by atomic mass is 32.1. The Morgan fingerprint density at radius 2 is 2.32 bits per heavy atom. The average molecular weight is 279 g/mol. The number of carbonyl (C=O) groups excluding carboxylic acids is 1. The highest BCUT2D eigenvalue weighted by Gasteiger charge is 2.29. The van der Waals surface area contributed by atoms with E-state index in [1.165, 1.54) is 24.2 Å². The van der Waals surface area contributed by atoms with Crippen molar-refractivity contribution in [2.45, 2.75) is 44.9 Å². The Labute approximate surface area is 115 Å². The van der Waals surface area contributed by atoms with Crippen LogP contribution in [0.3, 0.4) is 0 Å². The van der Waals surface area contributed by atoms with E-state index in [0.717, 1.165) is 28.8 Å². The van der Waals surface area contributed by atoms with Gasteiger partial charge in [0.2, 0.25) is 10.9 Å². The van der Waals surface area contributed by atoms with Gasteiger partial charge in [0.1, 0.15) is 5.01 Å². The fraction of sp³-hybridized carbons (Fsp3) is 0.667. The van der Waals surface area contributed by atoms with Gasteiger partial charge in [-0.25, -0.2) is 0 Å². The van der Waals surface area contributed by atoms with E-state index in [0.29, 0.717) is 18.8 Å². The lowest BCUT2D eigenvalue weighted by atomic mass is 10.3. The molecule has 0 radical (unpaired) electrons. The lowest BCUT2D eigenvalue weighted by molar-refractivity contribution is -0.121. The second-order valence-electron chi connectivity index (χ2n) is 4.87. The van der Waals surface area contributed by atoms with Gasteiger partial charge >= 0.3 is 0 Å². The minimum absolute atomic E-state index is 0.0928. The van der Waals surface area contributed by atoms with Crippen LogP contribution in [-0.2, 0) is 11.2 Å². The highest BCUT2D eigenvalue weighted by molar-refractivity contribution is 7.16. The Morgan fingerprint density at radius 3 is 3.05 bits per heavy atom. The van der Waals surface area contributed by atoms with Gasteiger partial charge in [0.25, 0.3) is 0 Å². The van der Waals surface area contributed by atoms with Gasteiger partial charge in [-0.2, -0.15) is 9.61 Å². The van der Waals surface area contributed by atoms with Crippen molar-refractivity contribution >= 4 is 22.2 Å². The number of nitrogens with one attached hydrogen (secondary N) is 1. The topological polar surface area (TPSA) is 72.2 Å². The standard InChI is InChI=1S/C12H17N5OS/c1-2-7-13-9(18)5-6-10-16-17-11(8-3-4-8)14-15-12(17)19-10/h8H,2-7H2,1H3,(H,13,18). The van der Waals surface area contributed by atoms with Crippen LogP contribution in [0.5, 0.6) is 0 Å². The number of fused-ring (bicyclic) bond motifs is 1. The molecule has 0 saturated heterocycles. The molecule has 7 heteroatoms. The fourth-order valence-electron chi connectivity index (χ4n) is 1.94. The summed E-state index contributed by atoms with van der Waals surface area (Å²) in [4.78, 5) is 12.4. The average Bonchev–Trinajstić information content (AvgIpc) is 3.04. The van der Waals surface area contributed by atoms with E-state index in [9.17, 15) is 4.79 Å². The largest absolute Gasteiger partial charge is 0.356 e. The zero-order chi connectivity index (χ0) is 13.2. The molecule has 1 amide bonds. The van der Waals surface area contributed by atoms with Gasteiger partial charge in [0, 0.05) is 25.3 Å². The van der Waals surface area contributed by atoms with Crippen molar-refractivity contribution in [3.05, 3.63) is 10.8 Å². The Balaban J connectivity index is 1.63. The maximum atomic E-state index is 11.5. The maximum Gasteiger partial charge on any atom is 0.234 e. The van der Waals surface area contributed by atoms with Crippen LogP contribution in [0.1, 0.15) is 49.4 Å². The molecule has 1 fully saturated rings. The number of carbonyl (C=O) groups is 1. The summed E-state index contributed by atoms with van der Waals surface area (Å²) in [6, 6.07) is 0. The van der Waals surface area contributed by atoms with Crippen LogP contribution in [0.4, 0.5) is 0 Å². The van der Waals surface area contributed by atoms with Crippen molar-refractivity contribution in [1.82, 2.24) is 25.1 Å². The number of nitrogens with zero attached hydrogens (tertiary/aromatic N) is 4. The molecule has 0 aliphatic heterocycles. The molecule has 2 aromatic rings. The maximum absolute atomic E-state index is 11.5. The summed E-state index contributed by atoms with van der Waals surface area (Å²) < 4.78 is 1.85. The lowest BCUT2D eigenvalue weighted by Crippen LogP contribution is -2.24. The molecule has 0 bridgehead atoms. The van der Waals surface area contributed by atoms with Gasteiger partial charge in [-0.1, -0.05) is 18.3 Å². The van der Waals surface area contributed by atoms with Crippen LogP contribution in [-0.4, -0.2) is 32.3 Å². The molecule has 102 valence electrons. The van der Waals surface area contributed by atoms with Crippen molar-refractivity contribution in [3.63, 3.8) is 0 Å². The molecule has 1 aliphatic carbocycles. The number of hydrogen-bond acceptors (Lipinski definition) is 5. The predicted molar refractivity (Wildman–Crippen MR) is 72.3 cm³/mol. The Kier molecular flexibility index (Phi) is 3.46. The van der Waals surface area contributed by atoms with Gasteiger partial charge in [-0.15, -0.1) is 10.2 Å². The summed E-state index contributed by atoms with van der Waals surface area (Å²) in [6.45, 7) is 2.79. The SMILES string of the molecule is CCCNC(=O)CCc1nn2c(C3CC3)nnc2s1. The summed E-state index contributed by atoms with van der Waals surface area (Å²) in [5.41, 5.74) is 0. The molecule has 6 nitrogen and oxygen atoms in total. The van der Waals surface area contributed by atoms with E-state index in [1.54, 1.807) is 0 Å². The van der Waals surface area contributed by atoms with Crippen molar-refractivity contribution in [2.24, 2.45) is 0 Å². The summed E-state index contributed by atoms with van der Waals surface area (Å²) in [7, 11) is 0. The first kappa shape index (κ1) is 12.5. The minimum atomic E-state index is 0.0928. The smallest absolute Gasteiger partial charge is 0.234 e. The zero-order valence-electron chi connectivity index (χ0n) is 10.9. The van der Waals surface area contributed by atoms with Crippen LogP contribution in [0.15, 0.2) is 0 Å². The van der Waals surface area contributed by atoms with Crippen LogP contribution in [0.2, 0.25) is 0 Å². The first-order valence-corrected chi connectivity index (χ1v) is 7.57. The molecular formula is C12H17N5OS. The van der Waals surface area contributed by atoms with Gasteiger partial charge in [0.15, 0.2) is 5.82 Å². The minimum Gasteiger partial charge on any atom is -0.356 e. The Bertz CT molecular complexity index is 586. The van der Waals surface area contributed by atoms with Gasteiger partial charge in [-0.3, -0.25) is 4.79 Å². The number of rotatable bonds is 6. The third kappa shape index (κ3) is 2.75. The summed E-state index contributed by atoms with van der Waals surface area (Å²) >= 11 is 1.53. The number of amides is 1. The molecule has 0 aromatic carbocycles. The molecule has 3 rings (SSSR count). The number of hydrogen-bond donors (Lipinski definition) is 1. The number of aryl methyl sites for hydroxylation is 1. The van der Waals surface area contributed by atoms with Crippen LogP contribution >= 0.6 is 11.3 Å². The molecule has 0 atom stereocenters. The predicted octanol–water partition coefficient (Wildman–Crippen LogP) is 1.52. The normalized spacial score (nSPS) is 15.0. The molecule has 19 heavy (non-hydrogen) atoms. The van der Waals surface area contributed by atoms with Crippen molar-refractivity contribution in [1.29, 1.82) is 0 Å². The van der Waals surface area contributed by atoms with E-state index < -0.39 is 0 Å². The van der Waals surface area contributed by atoms with Crippen LogP contribution in [0.25, 0.3) is 4.96 Å². The van der Waals surface area contributed by atoms with E-state index in [1.807, 2.05) is 11.4 Å². The lowest BCUT2D eigenvalue weighted by Gasteiger charge is -2.00. The third-order valence-electron chi connectivity index (χ3n) is 3.14. The van der Waals surface area contributed by atoms with Crippen LogP contribution in [0, 0.1) is 0 Å². The van der Waals surface area contributed by atoms with E-state index in [-0.39, 0.29) is 5.91 Å². The second-order valence-corrected chi connectivity index (χ2v) is 5.91. The molecule has 0 spiro atoms. The Morgan fingerprint density at radius 1 is 1.47 bits per heavy atom. The molecular weight excluding hydrogens is 262 g/mol. The fourth-order valence-corrected chi connectivity index (χ4v) is 2.78. The molecule has 1 saturated carbocycles. The summed E-state index contributed by atoms with van der Waals surface area (Å²) in [5, 5.41) is 16.7. The van der Waals surface area contributed by atoms with Crippen LogP contribution < -0.4 is 5.32 Å². The summed E-state index contributed by atoms with van der Waals surface area (Å²) in [6.07, 6.45) is 4.50.